The summed E-state index contributed by atoms with van der Waals surface area (Å²) in [5, 5.41) is 14.8. The molecule has 0 fully saturated rings. The van der Waals surface area contributed by atoms with E-state index in [9.17, 15) is 4.79 Å². The van der Waals surface area contributed by atoms with Crippen molar-refractivity contribution in [1.82, 2.24) is 10.2 Å². The predicted octanol–water partition coefficient (Wildman–Crippen LogP) is 3.78. The monoisotopic (exact) mass is 340 g/mol. The Morgan fingerprint density at radius 1 is 1.04 bits per heavy atom. The minimum atomic E-state index is -0.387. The Morgan fingerprint density at radius 2 is 1.79 bits per heavy atom. The lowest BCUT2D eigenvalue weighted by molar-refractivity contribution is 0.262. The van der Waals surface area contributed by atoms with Crippen molar-refractivity contribution in [3.63, 3.8) is 0 Å². The molecule has 2 aromatic carbocycles. The smallest absolute Gasteiger partial charge is 0.325 e. The summed E-state index contributed by atoms with van der Waals surface area (Å²) >= 11 is 1.35. The molecule has 122 valence electrons. The van der Waals surface area contributed by atoms with Gasteiger partial charge in [-0.2, -0.15) is 0 Å². The van der Waals surface area contributed by atoms with E-state index in [2.05, 4.69) is 20.8 Å². The molecule has 1 aromatic heterocycles. The molecule has 0 saturated heterocycles. The first-order valence-corrected chi connectivity index (χ1v) is 8.13. The standard InChI is InChI=1S/C17H16N4O2S/c1-23-14-10-6-5-9-13(14)18-16(22)19-17-21-20-15(24-17)11-12-7-3-2-4-8-12/h2-10H,11H2,1H3,(H2,18,19,21,22). The van der Waals surface area contributed by atoms with Crippen LogP contribution in [0.3, 0.4) is 0 Å². The van der Waals surface area contributed by atoms with Crippen LogP contribution in [0.15, 0.2) is 54.6 Å². The van der Waals surface area contributed by atoms with E-state index in [1.165, 1.54) is 11.3 Å². The second-order valence-electron chi connectivity index (χ2n) is 4.94. The van der Waals surface area contributed by atoms with Crippen LogP contribution in [0, 0.1) is 0 Å². The van der Waals surface area contributed by atoms with Crippen LogP contribution in [-0.2, 0) is 6.42 Å². The summed E-state index contributed by atoms with van der Waals surface area (Å²) in [6.45, 7) is 0. The second-order valence-corrected chi connectivity index (χ2v) is 6.00. The van der Waals surface area contributed by atoms with Crippen LogP contribution >= 0.6 is 11.3 Å². The molecule has 0 bridgehead atoms. The number of urea groups is 1. The summed E-state index contributed by atoms with van der Waals surface area (Å²) in [5.41, 5.74) is 1.74. The number of hydrogen-bond donors (Lipinski definition) is 2. The lowest BCUT2D eigenvalue weighted by atomic mass is 10.2. The van der Waals surface area contributed by atoms with E-state index in [0.29, 0.717) is 23.0 Å². The first-order valence-electron chi connectivity index (χ1n) is 7.32. The molecular formula is C17H16N4O2S. The van der Waals surface area contributed by atoms with Crippen molar-refractivity contribution in [2.75, 3.05) is 17.7 Å². The van der Waals surface area contributed by atoms with Crippen LogP contribution in [-0.4, -0.2) is 23.3 Å². The molecular weight excluding hydrogens is 324 g/mol. The third kappa shape index (κ3) is 4.08. The first-order chi connectivity index (χ1) is 11.7. The zero-order chi connectivity index (χ0) is 16.8. The molecule has 0 aliphatic heterocycles. The van der Waals surface area contributed by atoms with Gasteiger partial charge in [-0.15, -0.1) is 10.2 Å². The van der Waals surface area contributed by atoms with Gasteiger partial charge in [0.25, 0.3) is 0 Å². The van der Waals surface area contributed by atoms with Gasteiger partial charge in [0.15, 0.2) is 0 Å². The van der Waals surface area contributed by atoms with Crippen molar-refractivity contribution in [2.45, 2.75) is 6.42 Å². The Labute approximate surface area is 143 Å². The van der Waals surface area contributed by atoms with Crippen molar-refractivity contribution >= 4 is 28.2 Å². The van der Waals surface area contributed by atoms with Crippen LogP contribution in [0.2, 0.25) is 0 Å². The number of aromatic nitrogens is 2. The molecule has 3 rings (SSSR count). The van der Waals surface area contributed by atoms with Crippen molar-refractivity contribution in [3.05, 3.63) is 65.2 Å². The number of hydrogen-bond acceptors (Lipinski definition) is 5. The molecule has 2 amide bonds. The second kappa shape index (κ2) is 7.56. The SMILES string of the molecule is COc1ccccc1NC(=O)Nc1nnc(Cc2ccccc2)s1. The molecule has 0 saturated carbocycles. The Bertz CT molecular complexity index is 820. The summed E-state index contributed by atoms with van der Waals surface area (Å²) < 4.78 is 5.20. The fraction of sp³-hybridized carbons (Fsp3) is 0.118. The van der Waals surface area contributed by atoms with Gasteiger partial charge in [-0.05, 0) is 17.7 Å². The maximum absolute atomic E-state index is 12.1. The molecule has 0 aliphatic carbocycles. The molecule has 24 heavy (non-hydrogen) atoms. The Hall–Kier alpha value is -2.93. The number of benzene rings is 2. The summed E-state index contributed by atoms with van der Waals surface area (Å²) in [4.78, 5) is 12.1. The third-order valence-corrected chi connectivity index (χ3v) is 4.08. The van der Waals surface area contributed by atoms with E-state index in [1.807, 2.05) is 42.5 Å². The number of amides is 2. The zero-order valence-corrected chi connectivity index (χ0v) is 13.8. The predicted molar refractivity (Wildman–Crippen MR) is 94.8 cm³/mol. The van der Waals surface area contributed by atoms with Crippen LogP contribution < -0.4 is 15.4 Å². The molecule has 0 radical (unpaired) electrons. The van der Waals surface area contributed by atoms with Gasteiger partial charge in [0, 0.05) is 6.42 Å². The van der Waals surface area contributed by atoms with Crippen molar-refractivity contribution < 1.29 is 9.53 Å². The number of carbonyl (C=O) groups is 1. The fourth-order valence-corrected chi connectivity index (χ4v) is 2.91. The van der Waals surface area contributed by atoms with Crippen LogP contribution in [0.4, 0.5) is 15.6 Å². The zero-order valence-electron chi connectivity index (χ0n) is 13.0. The van der Waals surface area contributed by atoms with Crippen LogP contribution in [0.1, 0.15) is 10.6 Å². The highest BCUT2D eigenvalue weighted by Crippen LogP contribution is 2.24. The van der Waals surface area contributed by atoms with Crippen molar-refractivity contribution in [3.8, 4) is 5.75 Å². The summed E-state index contributed by atoms with van der Waals surface area (Å²) in [6.07, 6.45) is 0.689. The summed E-state index contributed by atoms with van der Waals surface area (Å²) in [5.74, 6) is 0.592. The highest BCUT2D eigenvalue weighted by atomic mass is 32.1. The van der Waals surface area contributed by atoms with Gasteiger partial charge in [0.05, 0.1) is 12.8 Å². The number of nitrogens with one attached hydrogen (secondary N) is 2. The Balaban J connectivity index is 1.61. The van der Waals surface area contributed by atoms with Gasteiger partial charge >= 0.3 is 6.03 Å². The number of methoxy groups -OCH3 is 1. The number of carbonyl (C=O) groups excluding carboxylic acids is 1. The van der Waals surface area contributed by atoms with Gasteiger partial charge in [0.2, 0.25) is 5.13 Å². The highest BCUT2D eigenvalue weighted by Gasteiger charge is 2.10. The number of nitrogens with zero attached hydrogens (tertiary/aromatic N) is 2. The van der Waals surface area contributed by atoms with Gasteiger partial charge in [0.1, 0.15) is 10.8 Å². The topological polar surface area (TPSA) is 76.1 Å². The molecule has 0 unspecified atom stereocenters. The van der Waals surface area contributed by atoms with E-state index in [0.717, 1.165) is 10.6 Å². The van der Waals surface area contributed by atoms with Crippen molar-refractivity contribution in [1.29, 1.82) is 0 Å². The average molecular weight is 340 g/mol. The van der Waals surface area contributed by atoms with E-state index >= 15 is 0 Å². The molecule has 1 heterocycles. The van der Waals surface area contributed by atoms with Crippen molar-refractivity contribution in [2.24, 2.45) is 0 Å². The Kier molecular flexibility index (Phi) is 5.02. The lowest BCUT2D eigenvalue weighted by Crippen LogP contribution is -2.19. The van der Waals surface area contributed by atoms with Gasteiger partial charge in [-0.25, -0.2) is 4.79 Å². The van der Waals surface area contributed by atoms with Gasteiger partial charge in [-0.1, -0.05) is 53.8 Å². The van der Waals surface area contributed by atoms with Gasteiger partial charge in [-0.3, -0.25) is 5.32 Å². The molecule has 3 aromatic rings. The largest absolute Gasteiger partial charge is 0.495 e. The minimum Gasteiger partial charge on any atom is -0.495 e. The third-order valence-electron chi connectivity index (χ3n) is 3.24. The molecule has 2 N–H and O–H groups in total. The molecule has 0 atom stereocenters. The minimum absolute atomic E-state index is 0.387. The lowest BCUT2D eigenvalue weighted by Gasteiger charge is -2.09. The summed E-state index contributed by atoms with van der Waals surface area (Å²) in [7, 11) is 1.55. The number of anilines is 2. The van der Waals surface area contributed by atoms with E-state index in [4.69, 9.17) is 4.74 Å². The fourth-order valence-electron chi connectivity index (χ4n) is 2.14. The number of para-hydroxylation sites is 2. The average Bonchev–Trinajstić information content (AvgIpc) is 3.03. The van der Waals surface area contributed by atoms with E-state index < -0.39 is 0 Å². The van der Waals surface area contributed by atoms with Crippen LogP contribution in [0.25, 0.3) is 0 Å². The highest BCUT2D eigenvalue weighted by molar-refractivity contribution is 7.15. The molecule has 7 heteroatoms. The maximum Gasteiger partial charge on any atom is 0.325 e. The quantitative estimate of drug-likeness (QED) is 0.741. The van der Waals surface area contributed by atoms with Gasteiger partial charge < -0.3 is 10.1 Å². The molecule has 0 aliphatic rings. The normalized spacial score (nSPS) is 10.2. The summed E-state index contributed by atoms with van der Waals surface area (Å²) in [6, 6.07) is 16.8. The first kappa shape index (κ1) is 15.9. The van der Waals surface area contributed by atoms with E-state index in [1.54, 1.807) is 19.2 Å². The Morgan fingerprint density at radius 3 is 2.58 bits per heavy atom. The number of ether oxygens (including phenoxy) is 1. The van der Waals surface area contributed by atoms with Crippen LogP contribution in [0.5, 0.6) is 5.75 Å². The molecule has 0 spiro atoms. The number of rotatable bonds is 5. The molecule has 6 nitrogen and oxygen atoms in total. The van der Waals surface area contributed by atoms with E-state index in [-0.39, 0.29) is 6.03 Å². The maximum atomic E-state index is 12.1.